The minimum atomic E-state index is -3.98. The Morgan fingerprint density at radius 3 is 2.23 bits per heavy atom. The van der Waals surface area contributed by atoms with Gasteiger partial charge in [-0.1, -0.05) is 42.8 Å². The molecular weight excluding hydrogens is 412 g/mol. The van der Waals surface area contributed by atoms with Gasteiger partial charge in [-0.15, -0.1) is 0 Å². The summed E-state index contributed by atoms with van der Waals surface area (Å²) in [6.45, 7) is 3.56. The lowest BCUT2D eigenvalue weighted by molar-refractivity contribution is -0.114. The number of nitrogens with one attached hydrogen (secondary N) is 1. The fourth-order valence-electron chi connectivity index (χ4n) is 3.17. The number of sulfonamides is 1. The average Bonchev–Trinajstić information content (AvgIpc) is 2.78. The number of para-hydroxylation sites is 1. The Kier molecular flexibility index (Phi) is 6.97. The van der Waals surface area contributed by atoms with Crippen LogP contribution in [-0.4, -0.2) is 28.0 Å². The Balaban J connectivity index is 1.94. The van der Waals surface area contributed by atoms with Crippen LogP contribution in [-0.2, 0) is 21.2 Å². The van der Waals surface area contributed by atoms with Crippen molar-refractivity contribution in [3.8, 4) is 5.75 Å². The van der Waals surface area contributed by atoms with E-state index < -0.39 is 15.9 Å². The summed E-state index contributed by atoms with van der Waals surface area (Å²) < 4.78 is 33.1. The van der Waals surface area contributed by atoms with Gasteiger partial charge in [-0.25, -0.2) is 8.42 Å². The highest BCUT2D eigenvalue weighted by Crippen LogP contribution is 2.26. The molecule has 3 rings (SSSR count). The van der Waals surface area contributed by atoms with Crippen LogP contribution < -0.4 is 14.4 Å². The molecule has 31 heavy (non-hydrogen) atoms. The van der Waals surface area contributed by atoms with Gasteiger partial charge in [-0.2, -0.15) is 0 Å². The second-order valence-corrected chi connectivity index (χ2v) is 8.94. The van der Waals surface area contributed by atoms with Crippen LogP contribution in [0.4, 0.5) is 11.4 Å². The van der Waals surface area contributed by atoms with E-state index in [4.69, 9.17) is 4.74 Å². The van der Waals surface area contributed by atoms with Gasteiger partial charge in [-0.05, 0) is 61.4 Å². The lowest BCUT2D eigenvalue weighted by atomic mass is 10.1. The highest BCUT2D eigenvalue weighted by atomic mass is 32.2. The zero-order valence-corrected chi connectivity index (χ0v) is 18.6. The van der Waals surface area contributed by atoms with Crippen LogP contribution in [0.5, 0.6) is 5.75 Å². The Hall–Kier alpha value is -3.32. The van der Waals surface area contributed by atoms with Gasteiger partial charge in [0.05, 0.1) is 17.7 Å². The Labute approximate surface area is 183 Å². The van der Waals surface area contributed by atoms with Crippen molar-refractivity contribution in [2.75, 3.05) is 23.3 Å². The van der Waals surface area contributed by atoms with Crippen LogP contribution in [0, 0.1) is 6.92 Å². The normalized spacial score (nSPS) is 11.1. The fraction of sp³-hybridized carbons (Fsp3) is 0.208. The van der Waals surface area contributed by atoms with Crippen molar-refractivity contribution >= 4 is 27.3 Å². The first-order valence-electron chi connectivity index (χ1n) is 9.96. The van der Waals surface area contributed by atoms with E-state index in [0.29, 0.717) is 17.1 Å². The van der Waals surface area contributed by atoms with E-state index in [1.54, 1.807) is 24.3 Å². The average molecular weight is 439 g/mol. The molecule has 0 bridgehead atoms. The molecule has 0 fully saturated rings. The molecule has 0 saturated carbocycles. The molecule has 0 spiro atoms. The van der Waals surface area contributed by atoms with E-state index in [2.05, 4.69) is 5.32 Å². The number of carbonyl (C=O) groups is 1. The number of rotatable bonds is 8. The van der Waals surface area contributed by atoms with Crippen molar-refractivity contribution in [3.05, 3.63) is 83.9 Å². The van der Waals surface area contributed by atoms with E-state index in [9.17, 15) is 13.2 Å². The Morgan fingerprint density at radius 2 is 1.61 bits per heavy atom. The quantitative estimate of drug-likeness (QED) is 0.566. The van der Waals surface area contributed by atoms with E-state index >= 15 is 0 Å². The number of hydrogen-bond acceptors (Lipinski definition) is 4. The standard InChI is InChI=1S/C24H26N2O4S/c1-4-19-7-5-6-8-23(19)25-24(27)17-26(20-11-9-18(2)10-12-20)31(28,29)22-15-13-21(30-3)14-16-22/h5-16H,4,17H2,1-3H3,(H,25,27). The van der Waals surface area contributed by atoms with Crippen molar-refractivity contribution in [1.29, 1.82) is 0 Å². The molecule has 6 nitrogen and oxygen atoms in total. The molecule has 0 saturated heterocycles. The minimum Gasteiger partial charge on any atom is -0.497 e. The highest BCUT2D eigenvalue weighted by molar-refractivity contribution is 7.92. The van der Waals surface area contributed by atoms with Gasteiger partial charge in [0, 0.05) is 5.69 Å². The van der Waals surface area contributed by atoms with Crippen LogP contribution in [0.3, 0.4) is 0 Å². The molecule has 7 heteroatoms. The lowest BCUT2D eigenvalue weighted by Gasteiger charge is -2.24. The van der Waals surface area contributed by atoms with Crippen LogP contribution >= 0.6 is 0 Å². The molecule has 3 aromatic carbocycles. The molecule has 162 valence electrons. The summed E-state index contributed by atoms with van der Waals surface area (Å²) >= 11 is 0. The lowest BCUT2D eigenvalue weighted by Crippen LogP contribution is -2.38. The third-order valence-electron chi connectivity index (χ3n) is 4.93. The van der Waals surface area contributed by atoms with Crippen LogP contribution in [0.1, 0.15) is 18.1 Å². The summed E-state index contributed by atoms with van der Waals surface area (Å²) in [6.07, 6.45) is 0.752. The largest absolute Gasteiger partial charge is 0.497 e. The highest BCUT2D eigenvalue weighted by Gasteiger charge is 2.27. The number of carbonyl (C=O) groups excluding carboxylic acids is 1. The second kappa shape index (κ2) is 9.66. The number of benzene rings is 3. The van der Waals surface area contributed by atoms with Crippen molar-refractivity contribution in [1.82, 2.24) is 0 Å². The number of ether oxygens (including phenoxy) is 1. The summed E-state index contributed by atoms with van der Waals surface area (Å²) in [4.78, 5) is 13.0. The monoisotopic (exact) mass is 438 g/mol. The van der Waals surface area contributed by atoms with Crippen LogP contribution in [0.15, 0.2) is 77.7 Å². The van der Waals surface area contributed by atoms with Gasteiger partial charge in [-0.3, -0.25) is 9.10 Å². The maximum absolute atomic E-state index is 13.4. The van der Waals surface area contributed by atoms with Crippen LogP contribution in [0.2, 0.25) is 0 Å². The Morgan fingerprint density at radius 1 is 0.968 bits per heavy atom. The number of anilines is 2. The smallest absolute Gasteiger partial charge is 0.264 e. The summed E-state index contributed by atoms with van der Waals surface area (Å²) in [6, 6.07) is 20.6. The van der Waals surface area contributed by atoms with E-state index in [0.717, 1.165) is 21.9 Å². The van der Waals surface area contributed by atoms with Crippen molar-refractivity contribution in [2.24, 2.45) is 0 Å². The van der Waals surface area contributed by atoms with Crippen molar-refractivity contribution < 1.29 is 17.9 Å². The molecule has 1 amide bonds. The summed E-state index contributed by atoms with van der Waals surface area (Å²) in [5.74, 6) is 0.133. The first-order chi connectivity index (χ1) is 14.8. The molecular formula is C24H26N2O4S. The van der Waals surface area contributed by atoms with Gasteiger partial charge in [0.25, 0.3) is 10.0 Å². The molecule has 0 unspecified atom stereocenters. The molecule has 0 atom stereocenters. The first kappa shape index (κ1) is 22.4. The van der Waals surface area contributed by atoms with Gasteiger partial charge < -0.3 is 10.1 Å². The van der Waals surface area contributed by atoms with Gasteiger partial charge in [0.15, 0.2) is 0 Å². The number of amides is 1. The summed E-state index contributed by atoms with van der Waals surface area (Å²) in [7, 11) is -2.46. The van der Waals surface area contributed by atoms with Gasteiger partial charge in [0.2, 0.25) is 5.91 Å². The molecule has 0 aliphatic rings. The SMILES string of the molecule is CCc1ccccc1NC(=O)CN(c1ccc(C)cc1)S(=O)(=O)c1ccc(OC)cc1. The third kappa shape index (κ3) is 5.24. The fourth-order valence-corrected chi connectivity index (χ4v) is 4.59. The molecule has 3 aromatic rings. The third-order valence-corrected chi connectivity index (χ3v) is 6.72. The van der Waals surface area contributed by atoms with E-state index in [1.807, 2.05) is 50.2 Å². The maximum Gasteiger partial charge on any atom is 0.264 e. The summed E-state index contributed by atoms with van der Waals surface area (Å²) in [5.41, 5.74) is 3.07. The number of methoxy groups -OCH3 is 1. The first-order valence-corrected chi connectivity index (χ1v) is 11.4. The van der Waals surface area contributed by atoms with E-state index in [1.165, 1.54) is 19.2 Å². The minimum absolute atomic E-state index is 0.0793. The van der Waals surface area contributed by atoms with Crippen molar-refractivity contribution in [3.63, 3.8) is 0 Å². The van der Waals surface area contributed by atoms with Gasteiger partial charge >= 0.3 is 0 Å². The molecule has 0 heterocycles. The molecule has 0 aromatic heterocycles. The molecule has 0 radical (unpaired) electrons. The van der Waals surface area contributed by atoms with E-state index in [-0.39, 0.29) is 11.4 Å². The van der Waals surface area contributed by atoms with Crippen LogP contribution in [0.25, 0.3) is 0 Å². The molecule has 0 aliphatic carbocycles. The van der Waals surface area contributed by atoms with Gasteiger partial charge in [0.1, 0.15) is 12.3 Å². The predicted octanol–water partition coefficient (Wildman–Crippen LogP) is 4.40. The second-order valence-electron chi connectivity index (χ2n) is 7.08. The number of nitrogens with zero attached hydrogens (tertiary/aromatic N) is 1. The predicted molar refractivity (Wildman–Crippen MR) is 123 cm³/mol. The Bertz CT molecular complexity index is 1140. The zero-order valence-electron chi connectivity index (χ0n) is 17.8. The zero-order chi connectivity index (χ0) is 22.4. The molecule has 1 N–H and O–H groups in total. The number of aryl methyl sites for hydroxylation is 2. The summed E-state index contributed by atoms with van der Waals surface area (Å²) in [5, 5.41) is 2.85. The number of hydrogen-bond donors (Lipinski definition) is 1. The topological polar surface area (TPSA) is 75.7 Å². The molecule has 0 aliphatic heterocycles. The maximum atomic E-state index is 13.4. The van der Waals surface area contributed by atoms with Crippen molar-refractivity contribution in [2.45, 2.75) is 25.2 Å².